The fourth-order valence-electron chi connectivity index (χ4n) is 0.959. The summed E-state index contributed by atoms with van der Waals surface area (Å²) in [6, 6.07) is 0. The summed E-state index contributed by atoms with van der Waals surface area (Å²) >= 11 is 0. The number of hydrogen-bond acceptors (Lipinski definition) is 2. The van der Waals surface area contributed by atoms with Crippen LogP contribution in [0.4, 0.5) is 4.39 Å². The molecule has 0 fully saturated rings. The topological polar surface area (TPSA) is 43.1 Å². The van der Waals surface area contributed by atoms with Gasteiger partial charge in [-0.3, -0.25) is 10.1 Å². The quantitative estimate of drug-likeness (QED) is 0.431. The molecule has 0 aromatic rings. The van der Waals surface area contributed by atoms with Crippen LogP contribution in [0, 0.1) is 16.0 Å². The van der Waals surface area contributed by atoms with Crippen LogP contribution in [0.3, 0.4) is 0 Å². The summed E-state index contributed by atoms with van der Waals surface area (Å²) in [4.78, 5) is 9.47. The smallest absolute Gasteiger partial charge is 0.258 e. The Balaban J connectivity index is 2.90. The van der Waals surface area contributed by atoms with Crippen LogP contribution in [0.15, 0.2) is 23.7 Å². The number of hydrogen-bond donors (Lipinski definition) is 0. The third-order valence-corrected chi connectivity index (χ3v) is 1.55. The predicted molar refractivity (Wildman–Crippen MR) is 38.0 cm³/mol. The van der Waals surface area contributed by atoms with Crippen molar-refractivity contribution in [2.75, 3.05) is 0 Å². The molecule has 1 aliphatic carbocycles. The molecule has 0 saturated carbocycles. The summed E-state index contributed by atoms with van der Waals surface area (Å²) in [7, 11) is 0. The van der Waals surface area contributed by atoms with Crippen LogP contribution in [0.1, 0.15) is 13.3 Å². The van der Waals surface area contributed by atoms with Gasteiger partial charge in [-0.15, -0.1) is 0 Å². The third kappa shape index (κ3) is 1.63. The lowest BCUT2D eigenvalue weighted by atomic mass is 10.0. The van der Waals surface area contributed by atoms with Gasteiger partial charge in [0, 0.05) is 0 Å². The molecule has 0 aromatic heterocycles. The highest BCUT2D eigenvalue weighted by Gasteiger charge is 2.21. The molecule has 1 rings (SSSR count). The number of halogens is 1. The molecule has 1 unspecified atom stereocenters. The van der Waals surface area contributed by atoms with Gasteiger partial charge in [-0.05, 0) is 24.5 Å². The molecular weight excluding hydrogens is 149 g/mol. The average molecular weight is 157 g/mol. The van der Waals surface area contributed by atoms with E-state index in [1.807, 2.05) is 6.92 Å². The van der Waals surface area contributed by atoms with Gasteiger partial charge in [-0.1, -0.05) is 6.92 Å². The molecule has 0 radical (unpaired) electrons. The Morgan fingerprint density at radius 2 is 2.45 bits per heavy atom. The maximum absolute atomic E-state index is 12.6. The van der Waals surface area contributed by atoms with Gasteiger partial charge in [0.25, 0.3) is 0 Å². The van der Waals surface area contributed by atoms with Crippen molar-refractivity contribution in [3.8, 4) is 0 Å². The van der Waals surface area contributed by atoms with Crippen LogP contribution in [0.25, 0.3) is 0 Å². The maximum Gasteiger partial charge on any atom is 0.300 e. The SMILES string of the molecule is CC1C=C([N+](=O)[O-])C(F)=CC1. The van der Waals surface area contributed by atoms with E-state index in [9.17, 15) is 14.5 Å². The van der Waals surface area contributed by atoms with Gasteiger partial charge in [-0.2, -0.15) is 4.39 Å². The van der Waals surface area contributed by atoms with Crippen molar-refractivity contribution in [1.29, 1.82) is 0 Å². The Hall–Kier alpha value is -1.19. The summed E-state index contributed by atoms with van der Waals surface area (Å²) in [5.41, 5.74) is -0.399. The first kappa shape index (κ1) is 7.91. The lowest BCUT2D eigenvalue weighted by Crippen LogP contribution is -2.06. The first-order valence-electron chi connectivity index (χ1n) is 3.33. The summed E-state index contributed by atoms with van der Waals surface area (Å²) in [6.07, 6.45) is 3.14. The molecule has 0 bridgehead atoms. The zero-order chi connectivity index (χ0) is 8.43. The Morgan fingerprint density at radius 3 is 2.91 bits per heavy atom. The van der Waals surface area contributed by atoms with Gasteiger partial charge in [-0.25, -0.2) is 0 Å². The molecule has 0 spiro atoms. The minimum Gasteiger partial charge on any atom is -0.258 e. The van der Waals surface area contributed by atoms with E-state index in [1.165, 1.54) is 12.2 Å². The van der Waals surface area contributed by atoms with Gasteiger partial charge in [0.2, 0.25) is 0 Å². The zero-order valence-corrected chi connectivity index (χ0v) is 6.08. The van der Waals surface area contributed by atoms with E-state index >= 15 is 0 Å². The Labute approximate surface area is 63.4 Å². The molecule has 1 atom stereocenters. The molecule has 3 nitrogen and oxygen atoms in total. The molecule has 0 heterocycles. The van der Waals surface area contributed by atoms with Gasteiger partial charge in [0.1, 0.15) is 0 Å². The highest BCUT2D eigenvalue weighted by atomic mass is 19.1. The number of nitro groups is 1. The van der Waals surface area contributed by atoms with E-state index < -0.39 is 16.4 Å². The average Bonchev–Trinajstić information content (AvgIpc) is 1.94. The number of nitrogens with zero attached hydrogens (tertiary/aromatic N) is 1. The van der Waals surface area contributed by atoms with Crippen molar-refractivity contribution in [3.63, 3.8) is 0 Å². The minimum atomic E-state index is -0.715. The van der Waals surface area contributed by atoms with Crippen LogP contribution in [-0.2, 0) is 0 Å². The van der Waals surface area contributed by atoms with E-state index in [1.54, 1.807) is 0 Å². The fraction of sp³-hybridized carbons (Fsp3) is 0.429. The molecule has 0 saturated heterocycles. The predicted octanol–water partition coefficient (Wildman–Crippen LogP) is 2.04. The van der Waals surface area contributed by atoms with Crippen molar-refractivity contribution >= 4 is 0 Å². The second-order valence-electron chi connectivity index (χ2n) is 2.57. The van der Waals surface area contributed by atoms with Gasteiger partial charge < -0.3 is 0 Å². The van der Waals surface area contributed by atoms with Crippen LogP contribution in [-0.4, -0.2) is 4.92 Å². The Bertz CT molecular complexity index is 245. The summed E-state index contributed by atoms with van der Waals surface area (Å²) < 4.78 is 12.6. The summed E-state index contributed by atoms with van der Waals surface area (Å²) in [6.45, 7) is 1.81. The lowest BCUT2D eigenvalue weighted by molar-refractivity contribution is -0.423. The van der Waals surface area contributed by atoms with Gasteiger partial charge in [0.05, 0.1) is 4.92 Å². The first-order valence-corrected chi connectivity index (χ1v) is 3.33. The molecule has 60 valence electrons. The summed E-state index contributed by atoms with van der Waals surface area (Å²) in [5.74, 6) is -0.650. The monoisotopic (exact) mass is 157 g/mol. The second-order valence-corrected chi connectivity index (χ2v) is 2.57. The second kappa shape index (κ2) is 2.82. The van der Waals surface area contributed by atoms with E-state index in [-0.39, 0.29) is 5.92 Å². The minimum absolute atomic E-state index is 0.0647. The van der Waals surface area contributed by atoms with Crippen LogP contribution < -0.4 is 0 Å². The van der Waals surface area contributed by atoms with Crippen molar-refractivity contribution in [2.45, 2.75) is 13.3 Å². The Morgan fingerprint density at radius 1 is 1.82 bits per heavy atom. The molecule has 11 heavy (non-hydrogen) atoms. The number of rotatable bonds is 1. The molecule has 0 N–H and O–H groups in total. The van der Waals surface area contributed by atoms with Crippen molar-refractivity contribution < 1.29 is 9.31 Å². The van der Waals surface area contributed by atoms with E-state index in [0.29, 0.717) is 6.42 Å². The zero-order valence-electron chi connectivity index (χ0n) is 6.08. The van der Waals surface area contributed by atoms with Gasteiger partial charge >= 0.3 is 5.70 Å². The van der Waals surface area contributed by atoms with Crippen LogP contribution in [0.2, 0.25) is 0 Å². The molecular formula is C7H8FNO2. The van der Waals surface area contributed by atoms with E-state index in [2.05, 4.69) is 0 Å². The fourth-order valence-corrected chi connectivity index (χ4v) is 0.959. The van der Waals surface area contributed by atoms with Crippen molar-refractivity contribution in [1.82, 2.24) is 0 Å². The molecule has 0 aromatic carbocycles. The first-order chi connectivity index (χ1) is 5.11. The highest BCUT2D eigenvalue weighted by Crippen LogP contribution is 2.23. The largest absolute Gasteiger partial charge is 0.300 e. The van der Waals surface area contributed by atoms with Crippen LogP contribution in [0.5, 0.6) is 0 Å². The Kier molecular flexibility index (Phi) is 2.03. The van der Waals surface area contributed by atoms with Gasteiger partial charge in [0.15, 0.2) is 5.83 Å². The third-order valence-electron chi connectivity index (χ3n) is 1.55. The maximum atomic E-state index is 12.6. The van der Waals surface area contributed by atoms with Crippen LogP contribution >= 0.6 is 0 Å². The van der Waals surface area contributed by atoms with E-state index in [4.69, 9.17) is 0 Å². The molecule has 0 amide bonds. The highest BCUT2D eigenvalue weighted by molar-refractivity contribution is 5.23. The van der Waals surface area contributed by atoms with E-state index in [0.717, 1.165) is 0 Å². The van der Waals surface area contributed by atoms with Crippen molar-refractivity contribution in [3.05, 3.63) is 33.8 Å². The molecule has 1 aliphatic rings. The lowest BCUT2D eigenvalue weighted by Gasteiger charge is -2.07. The summed E-state index contributed by atoms with van der Waals surface area (Å²) in [5, 5.41) is 10.2. The van der Waals surface area contributed by atoms with Crippen molar-refractivity contribution in [2.24, 2.45) is 5.92 Å². The molecule has 0 aliphatic heterocycles. The molecule has 4 heteroatoms. The standard InChI is InChI=1S/C7H8FNO2/c1-5-2-3-6(8)7(4-5)9(10)11/h3-5H,2H2,1H3. The normalized spacial score (nSPS) is 24.0. The number of allylic oxidation sites excluding steroid dienone is 3.